The van der Waals surface area contributed by atoms with E-state index in [1.54, 1.807) is 4.90 Å². The maximum absolute atomic E-state index is 13.0. The summed E-state index contributed by atoms with van der Waals surface area (Å²) in [5, 5.41) is 0. The molecule has 0 radical (unpaired) electrons. The quantitative estimate of drug-likeness (QED) is 0.824. The molecular weight excluding hydrogens is 323 g/mol. The average molecular weight is 348 g/mol. The van der Waals surface area contributed by atoms with Gasteiger partial charge in [0.25, 0.3) is 5.91 Å². The van der Waals surface area contributed by atoms with Gasteiger partial charge in [0, 0.05) is 25.2 Å². The van der Waals surface area contributed by atoms with Crippen LogP contribution in [0.15, 0.2) is 24.3 Å². The van der Waals surface area contributed by atoms with Crippen molar-refractivity contribution in [1.82, 2.24) is 9.80 Å². The van der Waals surface area contributed by atoms with Gasteiger partial charge in [0.15, 0.2) is 0 Å². The minimum absolute atomic E-state index is 0.0423. The Morgan fingerprint density at radius 3 is 2.60 bits per heavy atom. The van der Waals surface area contributed by atoms with Gasteiger partial charge in [-0.15, -0.1) is 0 Å². The zero-order valence-electron chi connectivity index (χ0n) is 14.8. The smallest absolute Gasteiger partial charge is 0.253 e. The second kappa shape index (κ2) is 7.52. The Bertz CT molecular complexity index is 634. The lowest BCUT2D eigenvalue weighted by Crippen LogP contribution is -2.54. The number of hydrogen-bond donors (Lipinski definition) is 0. The van der Waals surface area contributed by atoms with Crippen molar-refractivity contribution in [2.45, 2.75) is 38.8 Å². The first-order valence-corrected chi connectivity index (χ1v) is 8.92. The third-order valence-corrected chi connectivity index (χ3v) is 5.04. The number of amides is 2. The van der Waals surface area contributed by atoms with E-state index in [2.05, 4.69) is 0 Å². The van der Waals surface area contributed by atoms with E-state index in [-0.39, 0.29) is 35.7 Å². The van der Waals surface area contributed by atoms with Gasteiger partial charge in [-0.25, -0.2) is 4.39 Å². The van der Waals surface area contributed by atoms with E-state index in [1.165, 1.54) is 24.3 Å². The zero-order valence-corrected chi connectivity index (χ0v) is 14.8. The highest BCUT2D eigenvalue weighted by Gasteiger charge is 2.35. The van der Waals surface area contributed by atoms with Gasteiger partial charge < -0.3 is 14.5 Å². The zero-order chi connectivity index (χ0) is 18.0. The van der Waals surface area contributed by atoms with Crippen molar-refractivity contribution in [2.75, 3.05) is 26.2 Å². The predicted molar refractivity (Wildman–Crippen MR) is 91.6 cm³/mol. The summed E-state index contributed by atoms with van der Waals surface area (Å²) in [6, 6.07) is 5.63. The summed E-state index contributed by atoms with van der Waals surface area (Å²) in [4.78, 5) is 29.2. The van der Waals surface area contributed by atoms with Crippen molar-refractivity contribution in [3.8, 4) is 0 Å². The molecule has 0 spiro atoms. The van der Waals surface area contributed by atoms with Gasteiger partial charge in [0.2, 0.25) is 5.91 Å². The molecule has 0 bridgehead atoms. The van der Waals surface area contributed by atoms with Crippen LogP contribution in [0.3, 0.4) is 0 Å². The molecular formula is C19H25FN2O3. The minimum atomic E-state index is -0.362. The third kappa shape index (κ3) is 4.00. The molecule has 0 N–H and O–H groups in total. The van der Waals surface area contributed by atoms with Gasteiger partial charge >= 0.3 is 0 Å². The van der Waals surface area contributed by atoms with Crippen LogP contribution in [0.5, 0.6) is 0 Å². The number of likely N-dealkylation sites (tertiary alicyclic amines) is 1. The Morgan fingerprint density at radius 1 is 1.16 bits per heavy atom. The summed E-state index contributed by atoms with van der Waals surface area (Å²) in [5.74, 6) is -0.565. The fraction of sp³-hybridized carbons (Fsp3) is 0.579. The lowest BCUT2D eigenvalue weighted by atomic mass is 9.95. The molecule has 0 aromatic heterocycles. The summed E-state index contributed by atoms with van der Waals surface area (Å²) in [6.07, 6.45) is 1.64. The second-order valence-corrected chi connectivity index (χ2v) is 7.08. The first-order valence-electron chi connectivity index (χ1n) is 8.92. The number of carbonyl (C=O) groups is 2. The Balaban J connectivity index is 1.67. The largest absolute Gasteiger partial charge is 0.375 e. The molecule has 3 unspecified atom stereocenters. The highest BCUT2D eigenvalue weighted by Crippen LogP contribution is 2.23. The van der Waals surface area contributed by atoms with Gasteiger partial charge in [0.1, 0.15) is 5.82 Å². The van der Waals surface area contributed by atoms with E-state index < -0.39 is 0 Å². The predicted octanol–water partition coefficient (Wildman–Crippen LogP) is 2.31. The van der Waals surface area contributed by atoms with Gasteiger partial charge in [0.05, 0.1) is 24.7 Å². The lowest BCUT2D eigenvalue weighted by Gasteiger charge is -2.41. The molecule has 3 rings (SSSR count). The molecule has 5 nitrogen and oxygen atoms in total. The number of morpholine rings is 1. The van der Waals surface area contributed by atoms with E-state index in [4.69, 9.17) is 4.74 Å². The maximum Gasteiger partial charge on any atom is 0.253 e. The summed E-state index contributed by atoms with van der Waals surface area (Å²) >= 11 is 0. The number of rotatable bonds is 2. The van der Waals surface area contributed by atoms with Gasteiger partial charge in [-0.3, -0.25) is 9.59 Å². The van der Waals surface area contributed by atoms with Crippen LogP contribution in [-0.2, 0) is 9.53 Å². The summed E-state index contributed by atoms with van der Waals surface area (Å²) < 4.78 is 18.6. The Kier molecular flexibility index (Phi) is 5.37. The van der Waals surface area contributed by atoms with Crippen molar-refractivity contribution in [3.63, 3.8) is 0 Å². The third-order valence-electron chi connectivity index (χ3n) is 5.04. The van der Waals surface area contributed by atoms with E-state index in [9.17, 15) is 14.0 Å². The molecule has 2 amide bonds. The number of carbonyl (C=O) groups excluding carboxylic acids is 2. The second-order valence-electron chi connectivity index (χ2n) is 7.08. The Hall–Kier alpha value is -1.95. The van der Waals surface area contributed by atoms with Crippen LogP contribution in [0.1, 0.15) is 37.0 Å². The number of hydrogen-bond acceptors (Lipinski definition) is 3. The monoisotopic (exact) mass is 348 g/mol. The first-order chi connectivity index (χ1) is 12.0. The van der Waals surface area contributed by atoms with Crippen molar-refractivity contribution in [3.05, 3.63) is 35.6 Å². The van der Waals surface area contributed by atoms with E-state index in [0.717, 1.165) is 12.8 Å². The van der Waals surface area contributed by atoms with Gasteiger partial charge in [-0.1, -0.05) is 0 Å². The molecule has 136 valence electrons. The van der Waals surface area contributed by atoms with Crippen molar-refractivity contribution < 1.29 is 18.7 Å². The maximum atomic E-state index is 13.0. The number of halogens is 1. The number of benzene rings is 1. The fourth-order valence-corrected chi connectivity index (χ4v) is 3.58. The molecule has 2 fully saturated rings. The minimum Gasteiger partial charge on any atom is -0.375 e. The highest BCUT2D eigenvalue weighted by atomic mass is 19.1. The van der Waals surface area contributed by atoms with E-state index in [1.807, 2.05) is 18.7 Å². The van der Waals surface area contributed by atoms with Gasteiger partial charge in [-0.05, 0) is 51.0 Å². The Labute approximate surface area is 147 Å². The first kappa shape index (κ1) is 17.9. The summed E-state index contributed by atoms with van der Waals surface area (Å²) in [7, 11) is 0. The van der Waals surface area contributed by atoms with Crippen molar-refractivity contribution in [1.29, 1.82) is 0 Å². The van der Waals surface area contributed by atoms with Crippen LogP contribution < -0.4 is 0 Å². The van der Waals surface area contributed by atoms with Crippen LogP contribution in [0.4, 0.5) is 4.39 Å². The molecule has 1 aromatic carbocycles. The molecule has 2 aliphatic rings. The van der Waals surface area contributed by atoms with Crippen LogP contribution in [0.2, 0.25) is 0 Å². The number of piperidine rings is 1. The van der Waals surface area contributed by atoms with E-state index in [0.29, 0.717) is 31.8 Å². The molecule has 3 atom stereocenters. The number of nitrogens with zero attached hydrogens (tertiary/aromatic N) is 2. The molecule has 1 aromatic rings. The van der Waals surface area contributed by atoms with Crippen molar-refractivity contribution in [2.24, 2.45) is 5.92 Å². The SMILES string of the molecule is CC1CN(C(=O)C2CCCN(C(=O)c3ccc(F)cc3)C2)C(C)CO1. The molecule has 25 heavy (non-hydrogen) atoms. The van der Waals surface area contributed by atoms with Crippen LogP contribution in [0, 0.1) is 11.7 Å². The molecule has 2 saturated heterocycles. The topological polar surface area (TPSA) is 49.9 Å². The molecule has 2 heterocycles. The van der Waals surface area contributed by atoms with Gasteiger partial charge in [-0.2, -0.15) is 0 Å². The molecule has 2 aliphatic heterocycles. The van der Waals surface area contributed by atoms with Crippen molar-refractivity contribution >= 4 is 11.8 Å². The van der Waals surface area contributed by atoms with Crippen LogP contribution in [0.25, 0.3) is 0 Å². The highest BCUT2D eigenvalue weighted by molar-refractivity contribution is 5.94. The molecule has 0 saturated carbocycles. The Morgan fingerprint density at radius 2 is 1.88 bits per heavy atom. The summed E-state index contributed by atoms with van der Waals surface area (Å²) in [5.41, 5.74) is 0.461. The standard InChI is InChI=1S/C19H25FN2O3/c1-13-12-25-14(2)10-22(13)19(24)16-4-3-9-21(11-16)18(23)15-5-7-17(20)8-6-15/h5-8,13-14,16H,3-4,9-12H2,1-2H3. The number of ether oxygens (including phenoxy) is 1. The lowest BCUT2D eigenvalue weighted by molar-refractivity contribution is -0.149. The van der Waals surface area contributed by atoms with Crippen LogP contribution in [-0.4, -0.2) is 60.0 Å². The van der Waals surface area contributed by atoms with E-state index >= 15 is 0 Å². The fourth-order valence-electron chi connectivity index (χ4n) is 3.58. The average Bonchev–Trinajstić information content (AvgIpc) is 2.63. The van der Waals surface area contributed by atoms with Crippen LogP contribution >= 0.6 is 0 Å². The molecule has 6 heteroatoms. The molecule has 0 aliphatic carbocycles. The summed E-state index contributed by atoms with van der Waals surface area (Å²) in [6.45, 7) is 6.17. The normalized spacial score (nSPS) is 27.2.